The molecule has 8 nitrogen and oxygen atoms in total. The van der Waals surface area contributed by atoms with Crippen LogP contribution in [-0.2, 0) is 6.42 Å². The molecule has 0 bridgehead atoms. The lowest BCUT2D eigenvalue weighted by atomic mass is 9.95. The Hall–Kier alpha value is -3.75. The standard InChI is InChI=1S/C29H22Cl2N6O2/c30-18-5-6-24(36-14-32-34-35-36)19(11-18)17-8-25-21-12-22(21)28(37(25)27(38)10-17)23-13-20(29(31)33-23)16-4-3-15-2-1-7-39-26(15)9-16/h3-6,8-11,14,21-22,28H,1-2,7,12-13H2. The number of pyridine rings is 1. The van der Waals surface area contributed by atoms with E-state index in [4.69, 9.17) is 32.9 Å². The van der Waals surface area contributed by atoms with Crippen LogP contribution >= 0.6 is 23.2 Å². The zero-order valence-corrected chi connectivity index (χ0v) is 22.2. The number of aromatic nitrogens is 5. The zero-order chi connectivity index (χ0) is 26.2. The summed E-state index contributed by atoms with van der Waals surface area (Å²) in [6.07, 6.45) is 5.25. The molecule has 4 aromatic rings. The molecule has 5 heterocycles. The van der Waals surface area contributed by atoms with Crippen molar-refractivity contribution in [1.29, 1.82) is 0 Å². The van der Waals surface area contributed by atoms with E-state index in [9.17, 15) is 4.79 Å². The van der Waals surface area contributed by atoms with Crippen LogP contribution < -0.4 is 10.3 Å². The number of fused-ring (bicyclic) bond motifs is 4. The Morgan fingerprint density at radius 2 is 1.95 bits per heavy atom. The van der Waals surface area contributed by atoms with Crippen molar-refractivity contribution in [2.24, 2.45) is 10.9 Å². The highest BCUT2D eigenvalue weighted by molar-refractivity contribution is 6.35. The Morgan fingerprint density at radius 1 is 1.03 bits per heavy atom. The van der Waals surface area contributed by atoms with Crippen LogP contribution in [0.1, 0.15) is 48.0 Å². The fourth-order valence-electron chi connectivity index (χ4n) is 6.45. The number of rotatable bonds is 4. The first-order chi connectivity index (χ1) is 19.0. The Labute approximate surface area is 233 Å². The maximum absolute atomic E-state index is 13.7. The molecule has 0 spiro atoms. The average Bonchev–Trinajstić information content (AvgIpc) is 3.25. The highest BCUT2D eigenvalue weighted by Gasteiger charge is 2.55. The van der Waals surface area contributed by atoms with Crippen LogP contribution in [0.3, 0.4) is 0 Å². The second-order valence-corrected chi connectivity index (χ2v) is 11.4. The van der Waals surface area contributed by atoms with E-state index in [1.165, 1.54) is 11.9 Å². The minimum Gasteiger partial charge on any atom is -0.493 e. The molecule has 1 saturated carbocycles. The molecular weight excluding hydrogens is 535 g/mol. The Bertz CT molecular complexity index is 1790. The third-order valence-electron chi connectivity index (χ3n) is 8.32. The first-order valence-corrected chi connectivity index (χ1v) is 13.8. The highest BCUT2D eigenvalue weighted by Crippen LogP contribution is 2.60. The molecule has 8 rings (SSSR count). The summed E-state index contributed by atoms with van der Waals surface area (Å²) in [5, 5.41) is 12.6. The zero-order valence-electron chi connectivity index (χ0n) is 20.7. The van der Waals surface area contributed by atoms with Gasteiger partial charge in [0.05, 0.1) is 18.3 Å². The lowest BCUT2D eigenvalue weighted by molar-refractivity contribution is 0.288. The second kappa shape index (κ2) is 8.63. The molecule has 2 aromatic carbocycles. The van der Waals surface area contributed by atoms with E-state index < -0.39 is 0 Å². The van der Waals surface area contributed by atoms with Crippen LogP contribution in [0.2, 0.25) is 5.02 Å². The van der Waals surface area contributed by atoms with Crippen LogP contribution in [0, 0.1) is 5.92 Å². The summed E-state index contributed by atoms with van der Waals surface area (Å²) in [6, 6.07) is 15.5. The summed E-state index contributed by atoms with van der Waals surface area (Å²) < 4.78 is 9.39. The number of ether oxygens (including phenoxy) is 1. The number of allylic oxidation sites excluding steroid dienone is 1. The van der Waals surface area contributed by atoms with Crippen molar-refractivity contribution >= 4 is 34.5 Å². The molecule has 10 heteroatoms. The predicted octanol–water partition coefficient (Wildman–Crippen LogP) is 5.58. The van der Waals surface area contributed by atoms with Gasteiger partial charge in [0.15, 0.2) is 0 Å². The van der Waals surface area contributed by atoms with Gasteiger partial charge in [0.2, 0.25) is 0 Å². The third kappa shape index (κ3) is 3.69. The first kappa shape index (κ1) is 23.2. The highest BCUT2D eigenvalue weighted by atomic mass is 35.5. The number of hydrogen-bond acceptors (Lipinski definition) is 6. The van der Waals surface area contributed by atoms with Gasteiger partial charge in [0.25, 0.3) is 5.56 Å². The molecule has 0 amide bonds. The van der Waals surface area contributed by atoms with Crippen LogP contribution in [-0.4, -0.2) is 37.1 Å². The van der Waals surface area contributed by atoms with Gasteiger partial charge < -0.3 is 9.30 Å². The van der Waals surface area contributed by atoms with Crippen molar-refractivity contribution in [3.63, 3.8) is 0 Å². The van der Waals surface area contributed by atoms with Gasteiger partial charge in [-0.05, 0) is 82.6 Å². The van der Waals surface area contributed by atoms with Gasteiger partial charge in [-0.15, -0.1) is 5.10 Å². The minimum atomic E-state index is -0.0926. The maximum atomic E-state index is 13.7. The first-order valence-electron chi connectivity index (χ1n) is 13.1. The van der Waals surface area contributed by atoms with Gasteiger partial charge in [-0.1, -0.05) is 35.3 Å². The van der Waals surface area contributed by atoms with Crippen LogP contribution in [0.25, 0.3) is 22.4 Å². The normalized spacial score (nSPS) is 22.7. The summed E-state index contributed by atoms with van der Waals surface area (Å²) in [4.78, 5) is 18.5. The molecule has 0 radical (unpaired) electrons. The molecule has 0 N–H and O–H groups in total. The van der Waals surface area contributed by atoms with Gasteiger partial charge >= 0.3 is 0 Å². The quantitative estimate of drug-likeness (QED) is 0.306. The summed E-state index contributed by atoms with van der Waals surface area (Å²) in [5.74, 6) is 1.60. The molecule has 3 aliphatic heterocycles. The average molecular weight is 557 g/mol. The van der Waals surface area contributed by atoms with E-state index >= 15 is 0 Å². The Kier molecular flexibility index (Phi) is 5.12. The van der Waals surface area contributed by atoms with Crippen molar-refractivity contribution in [3.05, 3.63) is 92.2 Å². The molecule has 39 heavy (non-hydrogen) atoms. The number of nitrogens with zero attached hydrogens (tertiary/aromatic N) is 6. The van der Waals surface area contributed by atoms with Crippen molar-refractivity contribution in [2.75, 3.05) is 6.61 Å². The molecule has 0 saturated heterocycles. The van der Waals surface area contributed by atoms with E-state index in [1.807, 2.05) is 16.7 Å². The van der Waals surface area contributed by atoms with E-state index in [2.05, 4.69) is 39.8 Å². The minimum absolute atomic E-state index is 0.0585. The fourth-order valence-corrected chi connectivity index (χ4v) is 6.90. The monoisotopic (exact) mass is 556 g/mol. The fraction of sp³-hybridized carbons (Fsp3) is 0.276. The Balaban J connectivity index is 1.14. The van der Waals surface area contributed by atoms with Crippen molar-refractivity contribution in [2.45, 2.75) is 37.6 Å². The summed E-state index contributed by atoms with van der Waals surface area (Å²) in [6.45, 7) is 0.740. The molecular formula is C29H22Cl2N6O2. The summed E-state index contributed by atoms with van der Waals surface area (Å²) in [5.41, 5.74) is 7.53. The van der Waals surface area contributed by atoms with Crippen molar-refractivity contribution < 1.29 is 4.74 Å². The maximum Gasteiger partial charge on any atom is 0.251 e. The van der Waals surface area contributed by atoms with E-state index in [0.29, 0.717) is 28.4 Å². The lowest BCUT2D eigenvalue weighted by Crippen LogP contribution is -2.29. The van der Waals surface area contributed by atoms with Crippen LogP contribution in [0.15, 0.2) is 69.8 Å². The van der Waals surface area contributed by atoms with Crippen LogP contribution in [0.5, 0.6) is 5.75 Å². The topological polar surface area (TPSA) is 87.2 Å². The molecule has 1 fully saturated rings. The van der Waals surface area contributed by atoms with E-state index in [0.717, 1.165) is 71.0 Å². The lowest BCUT2D eigenvalue weighted by Gasteiger charge is -2.20. The van der Waals surface area contributed by atoms with E-state index in [1.54, 1.807) is 16.8 Å². The molecule has 4 aliphatic rings. The summed E-state index contributed by atoms with van der Waals surface area (Å²) >= 11 is 13.1. The number of halogens is 2. The van der Waals surface area contributed by atoms with Crippen LogP contribution in [0.4, 0.5) is 0 Å². The molecule has 194 valence electrons. The van der Waals surface area contributed by atoms with Gasteiger partial charge in [-0.2, -0.15) is 4.68 Å². The number of aliphatic imine (C=N–C) groups is 1. The van der Waals surface area contributed by atoms with Gasteiger partial charge in [-0.3, -0.25) is 4.79 Å². The number of benzene rings is 2. The predicted molar refractivity (Wildman–Crippen MR) is 149 cm³/mol. The number of aryl methyl sites for hydroxylation is 1. The number of tetrazole rings is 1. The smallest absolute Gasteiger partial charge is 0.251 e. The van der Waals surface area contributed by atoms with Crippen molar-refractivity contribution in [1.82, 2.24) is 24.8 Å². The molecule has 3 atom stereocenters. The van der Waals surface area contributed by atoms with Crippen molar-refractivity contribution in [3.8, 4) is 22.6 Å². The molecule has 3 unspecified atom stereocenters. The third-order valence-corrected chi connectivity index (χ3v) is 8.87. The largest absolute Gasteiger partial charge is 0.493 e. The van der Waals surface area contributed by atoms with Gasteiger partial charge in [0.1, 0.15) is 17.2 Å². The SMILES string of the molecule is O=c1cc(-c2cc(Cl)ccc2-n2cnnn2)cc2n1C(C1=NC(Cl)=C(c3ccc4c(c3)OCCC4)C1)C1CC21. The van der Waals surface area contributed by atoms with Gasteiger partial charge in [0, 0.05) is 46.0 Å². The molecule has 2 aromatic heterocycles. The Morgan fingerprint density at radius 3 is 2.82 bits per heavy atom. The molecule has 1 aliphatic carbocycles. The summed E-state index contributed by atoms with van der Waals surface area (Å²) in [7, 11) is 0. The number of hydrogen-bond donors (Lipinski definition) is 0. The van der Waals surface area contributed by atoms with E-state index in [-0.39, 0.29) is 11.6 Å². The van der Waals surface area contributed by atoms with Gasteiger partial charge in [-0.25, -0.2) is 4.99 Å². The second-order valence-electron chi connectivity index (χ2n) is 10.6.